The van der Waals surface area contributed by atoms with E-state index in [4.69, 9.17) is 13.9 Å². The van der Waals surface area contributed by atoms with Crippen LogP contribution in [-0.4, -0.2) is 42.1 Å². The summed E-state index contributed by atoms with van der Waals surface area (Å²) in [4.78, 5) is 17.7. The molecule has 2 aromatic heterocycles. The molecule has 1 amide bonds. The summed E-state index contributed by atoms with van der Waals surface area (Å²) in [5.41, 5.74) is -0.346. The van der Waals surface area contributed by atoms with Gasteiger partial charge in [0.15, 0.2) is 17.1 Å². The van der Waals surface area contributed by atoms with Gasteiger partial charge in [-0.25, -0.2) is 4.98 Å². The number of halogens is 3. The molecule has 1 saturated heterocycles. The number of para-hydroxylation sites is 1. The van der Waals surface area contributed by atoms with Crippen LogP contribution >= 0.6 is 0 Å². The average Bonchev–Trinajstić information content (AvgIpc) is 3.08. The molecule has 146 valence electrons. The van der Waals surface area contributed by atoms with Crippen molar-refractivity contribution in [3.8, 4) is 11.6 Å². The number of carbonyl (C=O) groups is 1. The number of pyridine rings is 1. The second kappa shape index (κ2) is 6.74. The normalized spacial score (nSPS) is 14.8. The number of hydrogen-bond acceptors (Lipinski definition) is 5. The maximum atomic E-state index is 12.5. The maximum Gasteiger partial charge on any atom is 0.417 e. The SMILES string of the molecule is COc1cccc2cc(C(=O)N3CC(Oc4ccc(C(F)(F)F)cn4)C3)oc12. The minimum atomic E-state index is -4.44. The summed E-state index contributed by atoms with van der Waals surface area (Å²) in [5.74, 6) is 0.511. The number of nitrogens with zero attached hydrogens (tertiary/aromatic N) is 2. The van der Waals surface area contributed by atoms with E-state index in [0.717, 1.165) is 17.6 Å². The van der Waals surface area contributed by atoms with Crippen molar-refractivity contribution in [2.75, 3.05) is 20.2 Å². The van der Waals surface area contributed by atoms with Crippen LogP contribution in [0.2, 0.25) is 0 Å². The number of ether oxygens (including phenoxy) is 2. The third-order valence-corrected chi connectivity index (χ3v) is 4.43. The average molecular weight is 392 g/mol. The van der Waals surface area contributed by atoms with Crippen LogP contribution in [0.3, 0.4) is 0 Å². The molecule has 1 aliphatic rings. The van der Waals surface area contributed by atoms with Gasteiger partial charge in [0.25, 0.3) is 5.91 Å². The van der Waals surface area contributed by atoms with E-state index in [1.54, 1.807) is 18.2 Å². The quantitative estimate of drug-likeness (QED) is 0.677. The second-order valence-corrected chi connectivity index (χ2v) is 6.32. The van der Waals surface area contributed by atoms with Gasteiger partial charge in [0.2, 0.25) is 5.88 Å². The number of aromatic nitrogens is 1. The molecule has 0 N–H and O–H groups in total. The Hall–Kier alpha value is -3.23. The smallest absolute Gasteiger partial charge is 0.417 e. The molecule has 3 aromatic rings. The standard InChI is InChI=1S/C19H15F3N2O4/c1-26-14-4-2-3-11-7-15(28-17(11)14)18(25)24-9-13(10-24)27-16-6-5-12(8-23-16)19(20,21)22/h2-8,13H,9-10H2,1H3. The van der Waals surface area contributed by atoms with Crippen LogP contribution in [0.1, 0.15) is 16.1 Å². The monoisotopic (exact) mass is 392 g/mol. The van der Waals surface area contributed by atoms with Gasteiger partial charge in [0.1, 0.15) is 6.10 Å². The van der Waals surface area contributed by atoms with Crippen LogP contribution in [-0.2, 0) is 6.18 Å². The van der Waals surface area contributed by atoms with Crippen molar-refractivity contribution in [3.63, 3.8) is 0 Å². The second-order valence-electron chi connectivity index (χ2n) is 6.32. The predicted octanol–water partition coefficient (Wildman–Crippen LogP) is 3.76. The van der Waals surface area contributed by atoms with E-state index in [-0.39, 0.29) is 36.7 Å². The van der Waals surface area contributed by atoms with Gasteiger partial charge in [-0.3, -0.25) is 4.79 Å². The molecule has 0 aliphatic carbocycles. The molecule has 28 heavy (non-hydrogen) atoms. The van der Waals surface area contributed by atoms with Gasteiger partial charge in [-0.15, -0.1) is 0 Å². The van der Waals surface area contributed by atoms with Crippen molar-refractivity contribution in [2.24, 2.45) is 0 Å². The fourth-order valence-electron chi connectivity index (χ4n) is 2.93. The summed E-state index contributed by atoms with van der Waals surface area (Å²) in [6.07, 6.45) is -4.06. The molecule has 1 aliphatic heterocycles. The van der Waals surface area contributed by atoms with E-state index < -0.39 is 11.7 Å². The largest absolute Gasteiger partial charge is 0.493 e. The lowest BCUT2D eigenvalue weighted by molar-refractivity contribution is -0.137. The van der Waals surface area contributed by atoms with Crippen molar-refractivity contribution in [1.29, 1.82) is 0 Å². The minimum absolute atomic E-state index is 0.0820. The number of methoxy groups -OCH3 is 1. The third kappa shape index (κ3) is 3.35. The molecule has 0 spiro atoms. The van der Waals surface area contributed by atoms with Gasteiger partial charge in [-0.05, 0) is 18.2 Å². The highest BCUT2D eigenvalue weighted by atomic mass is 19.4. The van der Waals surface area contributed by atoms with Crippen molar-refractivity contribution in [2.45, 2.75) is 12.3 Å². The first-order valence-electron chi connectivity index (χ1n) is 8.41. The number of benzene rings is 1. The van der Waals surface area contributed by atoms with E-state index in [1.807, 2.05) is 6.07 Å². The van der Waals surface area contributed by atoms with Crippen molar-refractivity contribution < 1.29 is 31.9 Å². The number of fused-ring (bicyclic) bond motifs is 1. The summed E-state index contributed by atoms with van der Waals surface area (Å²) < 4.78 is 54.0. The zero-order valence-corrected chi connectivity index (χ0v) is 14.7. The Bertz CT molecular complexity index is 1010. The van der Waals surface area contributed by atoms with Crippen LogP contribution in [0.25, 0.3) is 11.0 Å². The Morgan fingerprint density at radius 1 is 1.25 bits per heavy atom. The van der Waals surface area contributed by atoms with Crippen LogP contribution < -0.4 is 9.47 Å². The molecule has 9 heteroatoms. The highest BCUT2D eigenvalue weighted by Gasteiger charge is 2.35. The summed E-state index contributed by atoms with van der Waals surface area (Å²) in [6, 6.07) is 9.08. The molecule has 4 rings (SSSR count). The zero-order valence-electron chi connectivity index (χ0n) is 14.7. The van der Waals surface area contributed by atoms with Crippen LogP contribution in [0.15, 0.2) is 47.0 Å². The van der Waals surface area contributed by atoms with Gasteiger partial charge in [0.05, 0.1) is 25.8 Å². The van der Waals surface area contributed by atoms with E-state index in [1.165, 1.54) is 18.1 Å². The first-order valence-corrected chi connectivity index (χ1v) is 8.41. The minimum Gasteiger partial charge on any atom is -0.493 e. The predicted molar refractivity (Wildman–Crippen MR) is 92.3 cm³/mol. The van der Waals surface area contributed by atoms with Crippen LogP contribution in [0.4, 0.5) is 13.2 Å². The number of amides is 1. The topological polar surface area (TPSA) is 64.8 Å². The molecular weight excluding hydrogens is 377 g/mol. The Kier molecular flexibility index (Phi) is 4.37. The van der Waals surface area contributed by atoms with Gasteiger partial charge < -0.3 is 18.8 Å². The molecular formula is C19H15F3N2O4. The third-order valence-electron chi connectivity index (χ3n) is 4.43. The zero-order chi connectivity index (χ0) is 19.9. The van der Waals surface area contributed by atoms with Crippen LogP contribution in [0.5, 0.6) is 11.6 Å². The lowest BCUT2D eigenvalue weighted by Crippen LogP contribution is -2.56. The Morgan fingerprint density at radius 3 is 2.68 bits per heavy atom. The molecule has 3 heterocycles. The fourth-order valence-corrected chi connectivity index (χ4v) is 2.93. The summed E-state index contributed by atoms with van der Waals surface area (Å²) >= 11 is 0. The number of carbonyl (C=O) groups excluding carboxylic acids is 1. The van der Waals surface area contributed by atoms with E-state index in [9.17, 15) is 18.0 Å². The Labute approximate surface area is 157 Å². The van der Waals surface area contributed by atoms with E-state index >= 15 is 0 Å². The van der Waals surface area contributed by atoms with E-state index in [2.05, 4.69) is 4.98 Å². The first-order chi connectivity index (χ1) is 13.3. The Morgan fingerprint density at radius 2 is 2.04 bits per heavy atom. The van der Waals surface area contributed by atoms with Crippen LogP contribution in [0, 0.1) is 0 Å². The van der Waals surface area contributed by atoms with Crippen molar-refractivity contribution in [3.05, 3.63) is 53.9 Å². The van der Waals surface area contributed by atoms with Crippen molar-refractivity contribution in [1.82, 2.24) is 9.88 Å². The summed E-state index contributed by atoms with van der Waals surface area (Å²) in [7, 11) is 1.52. The number of furan rings is 1. The fraction of sp³-hybridized carbons (Fsp3) is 0.263. The van der Waals surface area contributed by atoms with E-state index in [0.29, 0.717) is 11.3 Å². The molecule has 0 saturated carbocycles. The molecule has 0 bridgehead atoms. The molecule has 0 atom stereocenters. The molecule has 1 fully saturated rings. The number of rotatable bonds is 4. The summed E-state index contributed by atoms with van der Waals surface area (Å²) in [6.45, 7) is 0.575. The van der Waals surface area contributed by atoms with Gasteiger partial charge >= 0.3 is 6.18 Å². The maximum absolute atomic E-state index is 12.5. The van der Waals surface area contributed by atoms with Gasteiger partial charge in [0, 0.05) is 17.6 Å². The molecule has 1 aromatic carbocycles. The van der Waals surface area contributed by atoms with Crippen molar-refractivity contribution >= 4 is 16.9 Å². The number of hydrogen-bond donors (Lipinski definition) is 0. The van der Waals surface area contributed by atoms with Gasteiger partial charge in [-0.1, -0.05) is 12.1 Å². The molecule has 0 unspecified atom stereocenters. The highest BCUT2D eigenvalue weighted by Crippen LogP contribution is 2.31. The first kappa shape index (κ1) is 18.1. The lowest BCUT2D eigenvalue weighted by Gasteiger charge is -2.38. The number of alkyl halides is 3. The Balaban J connectivity index is 1.38. The summed E-state index contributed by atoms with van der Waals surface area (Å²) in [5, 5.41) is 0.755. The molecule has 6 nitrogen and oxygen atoms in total. The highest BCUT2D eigenvalue weighted by molar-refractivity contribution is 5.97. The lowest BCUT2D eigenvalue weighted by atomic mass is 10.1. The number of likely N-dealkylation sites (tertiary alicyclic amines) is 1. The molecule has 0 radical (unpaired) electrons. The van der Waals surface area contributed by atoms with Gasteiger partial charge in [-0.2, -0.15) is 13.2 Å².